The molecule has 0 saturated heterocycles. The van der Waals surface area contributed by atoms with Gasteiger partial charge in [0.1, 0.15) is 16.8 Å². The summed E-state index contributed by atoms with van der Waals surface area (Å²) in [6.07, 6.45) is 1.55. The SMILES string of the molecule is O=C(Nc1nc(-c2ccco2)cs1)c1cc2ccccc2oc1=O. The van der Waals surface area contributed by atoms with Crippen molar-refractivity contribution in [2.75, 3.05) is 5.32 Å². The molecule has 0 aliphatic heterocycles. The highest BCUT2D eigenvalue weighted by Crippen LogP contribution is 2.25. The Balaban J connectivity index is 1.63. The summed E-state index contributed by atoms with van der Waals surface area (Å²) < 4.78 is 10.4. The number of nitrogens with zero attached hydrogens (tertiary/aromatic N) is 1. The maximum Gasteiger partial charge on any atom is 0.349 e. The summed E-state index contributed by atoms with van der Waals surface area (Å²) in [5.74, 6) is 0.0480. The van der Waals surface area contributed by atoms with Crippen LogP contribution in [0.4, 0.5) is 5.13 Å². The van der Waals surface area contributed by atoms with Crippen LogP contribution in [-0.2, 0) is 0 Å². The number of furan rings is 1. The van der Waals surface area contributed by atoms with Gasteiger partial charge < -0.3 is 8.83 Å². The van der Waals surface area contributed by atoms with Crippen LogP contribution >= 0.6 is 11.3 Å². The number of hydrogen-bond acceptors (Lipinski definition) is 6. The fourth-order valence-corrected chi connectivity index (χ4v) is 2.95. The van der Waals surface area contributed by atoms with Gasteiger partial charge in [-0.15, -0.1) is 11.3 Å². The molecule has 24 heavy (non-hydrogen) atoms. The second kappa shape index (κ2) is 5.78. The van der Waals surface area contributed by atoms with Crippen LogP contribution in [0, 0.1) is 0 Å². The van der Waals surface area contributed by atoms with Crippen LogP contribution in [0.2, 0.25) is 0 Å². The van der Waals surface area contributed by atoms with E-state index in [1.807, 2.05) is 0 Å². The molecule has 0 aliphatic carbocycles. The van der Waals surface area contributed by atoms with E-state index in [2.05, 4.69) is 10.3 Å². The lowest BCUT2D eigenvalue weighted by Crippen LogP contribution is -2.20. The number of amides is 1. The number of nitrogens with one attached hydrogen (secondary N) is 1. The largest absolute Gasteiger partial charge is 0.463 e. The molecule has 4 aromatic rings. The Morgan fingerprint density at radius 3 is 2.88 bits per heavy atom. The highest BCUT2D eigenvalue weighted by atomic mass is 32.1. The average molecular weight is 338 g/mol. The first kappa shape index (κ1) is 14.4. The summed E-state index contributed by atoms with van der Waals surface area (Å²) in [6, 6.07) is 12.1. The van der Waals surface area contributed by atoms with Crippen molar-refractivity contribution in [3.8, 4) is 11.5 Å². The van der Waals surface area contributed by atoms with Crippen molar-refractivity contribution < 1.29 is 13.6 Å². The normalized spacial score (nSPS) is 10.8. The van der Waals surface area contributed by atoms with Crippen LogP contribution in [0.25, 0.3) is 22.4 Å². The average Bonchev–Trinajstić information content (AvgIpc) is 3.25. The number of para-hydroxylation sites is 1. The molecule has 0 saturated carbocycles. The van der Waals surface area contributed by atoms with Gasteiger partial charge in [-0.3, -0.25) is 10.1 Å². The summed E-state index contributed by atoms with van der Waals surface area (Å²) >= 11 is 1.24. The number of carbonyl (C=O) groups excluding carboxylic acids is 1. The standard InChI is InChI=1S/C17H10N2O4S/c20-15(11-8-10-4-1-2-5-13(10)23-16(11)21)19-17-18-12(9-24-17)14-6-3-7-22-14/h1-9H,(H,18,19,20). The molecule has 118 valence electrons. The van der Waals surface area contributed by atoms with Gasteiger partial charge in [0, 0.05) is 10.8 Å². The van der Waals surface area contributed by atoms with Gasteiger partial charge >= 0.3 is 5.63 Å². The smallest absolute Gasteiger partial charge is 0.349 e. The van der Waals surface area contributed by atoms with E-state index in [0.29, 0.717) is 27.6 Å². The molecular formula is C17H10N2O4S. The highest BCUT2D eigenvalue weighted by Gasteiger charge is 2.16. The summed E-state index contributed by atoms with van der Waals surface area (Å²) in [7, 11) is 0. The number of hydrogen-bond donors (Lipinski definition) is 1. The van der Waals surface area contributed by atoms with Crippen LogP contribution in [0.5, 0.6) is 0 Å². The number of anilines is 1. The molecule has 1 amide bonds. The molecule has 0 radical (unpaired) electrons. The van der Waals surface area contributed by atoms with Crippen LogP contribution in [0.3, 0.4) is 0 Å². The summed E-state index contributed by atoms with van der Waals surface area (Å²) in [5.41, 5.74) is 0.303. The van der Waals surface area contributed by atoms with Gasteiger partial charge in [-0.05, 0) is 24.3 Å². The van der Waals surface area contributed by atoms with Crippen LogP contribution in [0.1, 0.15) is 10.4 Å². The van der Waals surface area contributed by atoms with E-state index in [1.165, 1.54) is 17.4 Å². The molecule has 7 heteroatoms. The van der Waals surface area contributed by atoms with E-state index in [0.717, 1.165) is 0 Å². The third kappa shape index (κ3) is 2.61. The first-order valence-corrected chi connectivity index (χ1v) is 7.92. The van der Waals surface area contributed by atoms with Crippen molar-refractivity contribution in [2.45, 2.75) is 0 Å². The predicted octanol–water partition coefficient (Wildman–Crippen LogP) is 3.76. The van der Waals surface area contributed by atoms with Gasteiger partial charge in [0.05, 0.1) is 6.26 Å². The zero-order valence-electron chi connectivity index (χ0n) is 12.2. The third-order valence-electron chi connectivity index (χ3n) is 3.38. The van der Waals surface area contributed by atoms with Gasteiger partial charge in [0.25, 0.3) is 5.91 Å². The van der Waals surface area contributed by atoms with Gasteiger partial charge in [-0.25, -0.2) is 9.78 Å². The monoisotopic (exact) mass is 338 g/mol. The highest BCUT2D eigenvalue weighted by molar-refractivity contribution is 7.14. The van der Waals surface area contributed by atoms with E-state index in [-0.39, 0.29) is 5.56 Å². The summed E-state index contributed by atoms with van der Waals surface area (Å²) in [6.45, 7) is 0. The zero-order chi connectivity index (χ0) is 16.5. The number of thiazole rings is 1. The Morgan fingerprint density at radius 2 is 2.04 bits per heavy atom. The fraction of sp³-hybridized carbons (Fsp3) is 0. The van der Waals surface area contributed by atoms with Crippen molar-refractivity contribution in [1.29, 1.82) is 0 Å². The summed E-state index contributed by atoms with van der Waals surface area (Å²) in [4.78, 5) is 28.6. The van der Waals surface area contributed by atoms with Crippen LogP contribution in [-0.4, -0.2) is 10.9 Å². The number of benzene rings is 1. The predicted molar refractivity (Wildman–Crippen MR) is 90.3 cm³/mol. The molecule has 0 bridgehead atoms. The van der Waals surface area contributed by atoms with Gasteiger partial charge in [0.2, 0.25) is 0 Å². The first-order chi connectivity index (χ1) is 11.7. The van der Waals surface area contributed by atoms with Crippen LogP contribution < -0.4 is 10.9 Å². The third-order valence-corrected chi connectivity index (χ3v) is 4.14. The number of aromatic nitrogens is 1. The Morgan fingerprint density at radius 1 is 1.17 bits per heavy atom. The molecule has 6 nitrogen and oxygen atoms in total. The zero-order valence-corrected chi connectivity index (χ0v) is 13.0. The minimum atomic E-state index is -0.686. The maximum absolute atomic E-state index is 12.3. The van der Waals surface area contributed by atoms with E-state index in [4.69, 9.17) is 8.83 Å². The summed E-state index contributed by atoms with van der Waals surface area (Å²) in [5, 5.41) is 5.43. The van der Waals surface area contributed by atoms with Gasteiger partial charge in [-0.2, -0.15) is 0 Å². The molecule has 4 rings (SSSR count). The number of carbonyl (C=O) groups is 1. The molecule has 1 aromatic carbocycles. The second-order valence-corrected chi connectivity index (χ2v) is 5.81. The lowest BCUT2D eigenvalue weighted by molar-refractivity contribution is 0.102. The Hall–Kier alpha value is -3.19. The molecule has 0 atom stereocenters. The van der Waals surface area contributed by atoms with Gasteiger partial charge in [0.15, 0.2) is 10.9 Å². The Bertz CT molecular complexity index is 1080. The lowest BCUT2D eigenvalue weighted by atomic mass is 10.2. The van der Waals surface area contributed by atoms with Crippen molar-refractivity contribution >= 4 is 33.3 Å². The molecule has 1 N–H and O–H groups in total. The Labute approximate surface area is 139 Å². The molecule has 0 fully saturated rings. The van der Waals surface area contributed by atoms with Crippen molar-refractivity contribution in [1.82, 2.24) is 4.98 Å². The van der Waals surface area contributed by atoms with Gasteiger partial charge in [-0.1, -0.05) is 18.2 Å². The van der Waals surface area contributed by atoms with Crippen LogP contribution in [0.15, 0.2) is 67.7 Å². The minimum absolute atomic E-state index is 0.0663. The molecule has 0 aliphatic rings. The van der Waals surface area contributed by atoms with Crippen molar-refractivity contribution in [3.05, 3.63) is 70.1 Å². The van der Waals surface area contributed by atoms with Crippen molar-refractivity contribution in [2.24, 2.45) is 0 Å². The topological polar surface area (TPSA) is 85.3 Å². The second-order valence-electron chi connectivity index (χ2n) is 4.95. The first-order valence-electron chi connectivity index (χ1n) is 7.04. The van der Waals surface area contributed by atoms with E-state index in [9.17, 15) is 9.59 Å². The van der Waals surface area contributed by atoms with E-state index < -0.39 is 11.5 Å². The lowest BCUT2D eigenvalue weighted by Gasteiger charge is -2.02. The van der Waals surface area contributed by atoms with E-state index in [1.54, 1.807) is 48.0 Å². The van der Waals surface area contributed by atoms with E-state index >= 15 is 0 Å². The molecule has 0 unspecified atom stereocenters. The maximum atomic E-state index is 12.3. The fourth-order valence-electron chi connectivity index (χ4n) is 2.25. The molecule has 0 spiro atoms. The minimum Gasteiger partial charge on any atom is -0.463 e. The number of fused-ring (bicyclic) bond motifs is 1. The van der Waals surface area contributed by atoms with Crippen molar-refractivity contribution in [3.63, 3.8) is 0 Å². The number of rotatable bonds is 3. The Kier molecular flexibility index (Phi) is 3.47. The molecule has 3 heterocycles. The molecule has 3 aromatic heterocycles. The molecular weight excluding hydrogens is 328 g/mol. The quantitative estimate of drug-likeness (QED) is 0.575.